The monoisotopic (exact) mass is 561 g/mol. The first kappa shape index (κ1) is 27.9. The first-order valence-electron chi connectivity index (χ1n) is 12.8. The van der Waals surface area contributed by atoms with Gasteiger partial charge in [-0.2, -0.15) is 0 Å². The SMILES string of the molecule is COCCn1c(Cc2ccc(-c3ccc(F)c(OCc4ccc(C)cc4F)n3)cc2F)nc2ccc(C(=O)O)cc21. The van der Waals surface area contributed by atoms with Crippen molar-refractivity contribution in [1.29, 1.82) is 0 Å². The minimum Gasteiger partial charge on any atom is -0.478 e. The van der Waals surface area contributed by atoms with Gasteiger partial charge in [-0.05, 0) is 60.5 Å². The average Bonchev–Trinajstić information content (AvgIpc) is 3.29. The number of aromatic carboxylic acids is 1. The van der Waals surface area contributed by atoms with E-state index in [0.29, 0.717) is 41.1 Å². The summed E-state index contributed by atoms with van der Waals surface area (Å²) in [5, 5.41) is 9.39. The average molecular weight is 562 g/mol. The first-order valence-corrected chi connectivity index (χ1v) is 12.8. The molecular weight excluding hydrogens is 535 g/mol. The summed E-state index contributed by atoms with van der Waals surface area (Å²) in [7, 11) is 1.56. The predicted octanol–water partition coefficient (Wildman–Crippen LogP) is 6.34. The number of imidazole rings is 1. The van der Waals surface area contributed by atoms with Crippen LogP contribution in [0.1, 0.15) is 32.9 Å². The zero-order chi connectivity index (χ0) is 29.1. The molecule has 5 aromatic rings. The number of aryl methyl sites for hydroxylation is 1. The van der Waals surface area contributed by atoms with Crippen molar-refractivity contribution < 1.29 is 32.5 Å². The molecule has 10 heteroatoms. The lowest BCUT2D eigenvalue weighted by molar-refractivity contribution is 0.0697. The molecule has 0 unspecified atom stereocenters. The Morgan fingerprint density at radius 2 is 1.68 bits per heavy atom. The number of methoxy groups -OCH3 is 1. The van der Waals surface area contributed by atoms with Crippen LogP contribution < -0.4 is 4.74 Å². The molecule has 0 amide bonds. The van der Waals surface area contributed by atoms with E-state index in [0.717, 1.165) is 5.56 Å². The Labute approximate surface area is 233 Å². The van der Waals surface area contributed by atoms with Crippen molar-refractivity contribution in [2.45, 2.75) is 26.5 Å². The van der Waals surface area contributed by atoms with Crippen LogP contribution in [0, 0.1) is 24.4 Å². The fourth-order valence-corrected chi connectivity index (χ4v) is 4.49. The lowest BCUT2D eigenvalue weighted by atomic mass is 10.1. The molecule has 0 atom stereocenters. The molecule has 0 fully saturated rings. The quantitative estimate of drug-likeness (QED) is 0.214. The van der Waals surface area contributed by atoms with Gasteiger partial charge in [0.1, 0.15) is 24.1 Å². The van der Waals surface area contributed by atoms with E-state index >= 15 is 4.39 Å². The van der Waals surface area contributed by atoms with E-state index in [4.69, 9.17) is 9.47 Å². The Kier molecular flexibility index (Phi) is 8.02. The van der Waals surface area contributed by atoms with Gasteiger partial charge in [-0.3, -0.25) is 0 Å². The van der Waals surface area contributed by atoms with Crippen LogP contribution in [-0.4, -0.2) is 39.3 Å². The Morgan fingerprint density at radius 3 is 2.41 bits per heavy atom. The second kappa shape index (κ2) is 11.8. The van der Waals surface area contributed by atoms with Crippen LogP contribution in [0.15, 0.2) is 66.7 Å². The standard InChI is InChI=1S/C31H26F3N3O4/c1-18-3-4-22(24(33)13-18)17-41-30-23(32)8-10-26(36-30)20-6-5-19(25(34)14-20)16-29-35-27-9-7-21(31(38)39)15-28(27)37(29)11-12-40-2/h3-10,13-15H,11-12,16-17H2,1-2H3,(H,38,39). The van der Waals surface area contributed by atoms with Crippen molar-refractivity contribution in [3.63, 3.8) is 0 Å². The van der Waals surface area contributed by atoms with Crippen LogP contribution in [0.4, 0.5) is 13.2 Å². The van der Waals surface area contributed by atoms with Crippen molar-refractivity contribution in [3.05, 3.63) is 112 Å². The number of hydrogen-bond donors (Lipinski definition) is 1. The summed E-state index contributed by atoms with van der Waals surface area (Å²) in [6.07, 6.45) is 0.139. The lowest BCUT2D eigenvalue weighted by Crippen LogP contribution is -2.10. The molecule has 1 N–H and O–H groups in total. The molecule has 0 aliphatic heterocycles. The van der Waals surface area contributed by atoms with Gasteiger partial charge < -0.3 is 19.1 Å². The molecule has 3 aromatic carbocycles. The summed E-state index contributed by atoms with van der Waals surface area (Å²) >= 11 is 0. The Morgan fingerprint density at radius 1 is 0.902 bits per heavy atom. The molecule has 0 aliphatic rings. The normalized spacial score (nSPS) is 11.2. The summed E-state index contributed by atoms with van der Waals surface area (Å²) in [5.41, 5.74) is 3.37. The molecule has 41 heavy (non-hydrogen) atoms. The van der Waals surface area contributed by atoms with Gasteiger partial charge in [-0.15, -0.1) is 0 Å². The molecule has 0 radical (unpaired) electrons. The van der Waals surface area contributed by atoms with E-state index in [9.17, 15) is 18.7 Å². The van der Waals surface area contributed by atoms with Gasteiger partial charge in [-0.1, -0.05) is 24.3 Å². The van der Waals surface area contributed by atoms with E-state index in [1.54, 1.807) is 44.4 Å². The number of aromatic nitrogens is 3. The third kappa shape index (κ3) is 6.07. The number of carboxylic acid groups (broad SMARTS) is 1. The van der Waals surface area contributed by atoms with Crippen LogP contribution in [0.2, 0.25) is 0 Å². The van der Waals surface area contributed by atoms with Crippen molar-refractivity contribution in [3.8, 4) is 17.1 Å². The van der Waals surface area contributed by atoms with Gasteiger partial charge in [0.15, 0.2) is 5.82 Å². The number of pyridine rings is 1. The molecule has 0 saturated heterocycles. The van der Waals surface area contributed by atoms with Gasteiger partial charge in [0.05, 0.1) is 28.9 Å². The highest BCUT2D eigenvalue weighted by atomic mass is 19.1. The van der Waals surface area contributed by atoms with Crippen molar-refractivity contribution >= 4 is 17.0 Å². The van der Waals surface area contributed by atoms with Crippen molar-refractivity contribution in [2.75, 3.05) is 13.7 Å². The van der Waals surface area contributed by atoms with Crippen LogP contribution in [0.25, 0.3) is 22.3 Å². The van der Waals surface area contributed by atoms with E-state index in [2.05, 4.69) is 9.97 Å². The van der Waals surface area contributed by atoms with E-state index in [1.807, 2.05) is 4.57 Å². The number of rotatable bonds is 10. The topological polar surface area (TPSA) is 86.5 Å². The number of carbonyl (C=O) groups is 1. The summed E-state index contributed by atoms with van der Waals surface area (Å²) in [5.74, 6) is -2.53. The maximum atomic E-state index is 15.3. The zero-order valence-electron chi connectivity index (χ0n) is 22.3. The lowest BCUT2D eigenvalue weighted by Gasteiger charge is -2.11. The highest BCUT2D eigenvalue weighted by Crippen LogP contribution is 2.27. The smallest absolute Gasteiger partial charge is 0.335 e. The number of ether oxygens (including phenoxy) is 2. The zero-order valence-corrected chi connectivity index (χ0v) is 22.3. The van der Waals surface area contributed by atoms with Crippen LogP contribution in [0.5, 0.6) is 5.88 Å². The third-order valence-corrected chi connectivity index (χ3v) is 6.68. The van der Waals surface area contributed by atoms with E-state index in [-0.39, 0.29) is 35.7 Å². The summed E-state index contributed by atoms with van der Waals surface area (Å²) in [4.78, 5) is 20.3. The van der Waals surface area contributed by atoms with Crippen molar-refractivity contribution in [1.82, 2.24) is 14.5 Å². The molecule has 2 heterocycles. The largest absolute Gasteiger partial charge is 0.478 e. The van der Waals surface area contributed by atoms with Gasteiger partial charge in [-0.25, -0.2) is 27.9 Å². The minimum atomic E-state index is -1.06. The number of carboxylic acids is 1. The molecule has 0 spiro atoms. The summed E-state index contributed by atoms with van der Waals surface area (Å²) < 4.78 is 56.4. The number of nitrogens with zero attached hydrogens (tertiary/aromatic N) is 3. The number of benzene rings is 3. The minimum absolute atomic E-state index is 0.122. The fourth-order valence-electron chi connectivity index (χ4n) is 4.49. The van der Waals surface area contributed by atoms with E-state index in [1.165, 1.54) is 36.4 Å². The van der Waals surface area contributed by atoms with Gasteiger partial charge in [0.25, 0.3) is 5.88 Å². The van der Waals surface area contributed by atoms with Crippen LogP contribution in [0.3, 0.4) is 0 Å². The Bertz CT molecular complexity index is 1750. The predicted molar refractivity (Wildman–Crippen MR) is 146 cm³/mol. The summed E-state index contributed by atoms with van der Waals surface area (Å²) in [6, 6.07) is 16.4. The highest BCUT2D eigenvalue weighted by Gasteiger charge is 2.17. The molecular formula is C31H26F3N3O4. The second-order valence-corrected chi connectivity index (χ2v) is 9.53. The van der Waals surface area contributed by atoms with Crippen LogP contribution >= 0.6 is 0 Å². The van der Waals surface area contributed by atoms with E-state index < -0.39 is 23.4 Å². The summed E-state index contributed by atoms with van der Waals surface area (Å²) in [6.45, 7) is 2.30. The number of fused-ring (bicyclic) bond motifs is 1. The second-order valence-electron chi connectivity index (χ2n) is 9.53. The van der Waals surface area contributed by atoms with Gasteiger partial charge >= 0.3 is 5.97 Å². The maximum Gasteiger partial charge on any atom is 0.335 e. The first-order chi connectivity index (χ1) is 19.7. The molecule has 210 valence electrons. The fraction of sp³-hybridized carbons (Fsp3) is 0.194. The number of hydrogen-bond acceptors (Lipinski definition) is 5. The third-order valence-electron chi connectivity index (χ3n) is 6.68. The maximum absolute atomic E-state index is 15.3. The van der Waals surface area contributed by atoms with Gasteiger partial charge in [0.2, 0.25) is 0 Å². The molecule has 0 bridgehead atoms. The van der Waals surface area contributed by atoms with Gasteiger partial charge in [0, 0.05) is 31.2 Å². The highest BCUT2D eigenvalue weighted by molar-refractivity contribution is 5.92. The molecule has 7 nitrogen and oxygen atoms in total. The number of halogens is 3. The molecule has 0 aliphatic carbocycles. The Balaban J connectivity index is 1.40. The molecule has 0 saturated carbocycles. The molecule has 5 rings (SSSR count). The molecule has 2 aromatic heterocycles. The van der Waals surface area contributed by atoms with Crippen LogP contribution in [-0.2, 0) is 24.3 Å². The Hall–Kier alpha value is -4.70. The van der Waals surface area contributed by atoms with Crippen molar-refractivity contribution in [2.24, 2.45) is 0 Å².